The minimum atomic E-state index is -0.785. The zero-order valence-electron chi connectivity index (χ0n) is 13.8. The molecule has 2 heterocycles. The summed E-state index contributed by atoms with van der Waals surface area (Å²) >= 11 is 0. The SMILES string of the molecule is O=C(O)CC1CCN(C(=O)c2ccc(C(=O)c3cc[nH]c3)cc2)CC1. The molecule has 0 saturated carbocycles. The first-order valence-electron chi connectivity index (χ1n) is 8.33. The van der Waals surface area contributed by atoms with Crippen molar-refractivity contribution in [2.24, 2.45) is 5.92 Å². The quantitative estimate of drug-likeness (QED) is 0.819. The first-order chi connectivity index (χ1) is 12.0. The molecule has 2 aromatic rings. The van der Waals surface area contributed by atoms with Crippen molar-refractivity contribution < 1.29 is 19.5 Å². The van der Waals surface area contributed by atoms with E-state index in [1.807, 2.05) is 0 Å². The third kappa shape index (κ3) is 3.96. The number of piperidine rings is 1. The van der Waals surface area contributed by atoms with Gasteiger partial charge in [-0.05, 0) is 37.0 Å². The number of aromatic amines is 1. The Hall–Kier alpha value is -2.89. The molecule has 3 rings (SSSR count). The molecule has 1 aliphatic heterocycles. The fourth-order valence-electron chi connectivity index (χ4n) is 3.17. The van der Waals surface area contributed by atoms with Gasteiger partial charge in [0.2, 0.25) is 0 Å². The van der Waals surface area contributed by atoms with E-state index in [1.165, 1.54) is 0 Å². The Labute approximate surface area is 145 Å². The van der Waals surface area contributed by atoms with Crippen LogP contribution in [0.5, 0.6) is 0 Å². The Bertz CT molecular complexity index is 757. The molecule has 1 aromatic carbocycles. The summed E-state index contributed by atoms with van der Waals surface area (Å²) in [5.74, 6) is -0.806. The third-order valence-electron chi connectivity index (χ3n) is 4.62. The summed E-state index contributed by atoms with van der Waals surface area (Å²) in [7, 11) is 0. The minimum absolute atomic E-state index is 0.0746. The topological polar surface area (TPSA) is 90.5 Å². The van der Waals surface area contributed by atoms with Crippen LogP contribution >= 0.6 is 0 Å². The number of carbonyl (C=O) groups is 3. The van der Waals surface area contributed by atoms with Crippen LogP contribution in [0.3, 0.4) is 0 Å². The van der Waals surface area contributed by atoms with E-state index in [4.69, 9.17) is 5.11 Å². The van der Waals surface area contributed by atoms with Crippen molar-refractivity contribution in [2.45, 2.75) is 19.3 Å². The monoisotopic (exact) mass is 340 g/mol. The summed E-state index contributed by atoms with van der Waals surface area (Å²) in [5, 5.41) is 8.85. The van der Waals surface area contributed by atoms with Crippen molar-refractivity contribution in [3.63, 3.8) is 0 Å². The zero-order chi connectivity index (χ0) is 17.8. The Morgan fingerprint density at radius 2 is 1.64 bits per heavy atom. The third-order valence-corrected chi connectivity index (χ3v) is 4.62. The van der Waals surface area contributed by atoms with Gasteiger partial charge in [0.25, 0.3) is 5.91 Å². The van der Waals surface area contributed by atoms with Gasteiger partial charge in [-0.1, -0.05) is 12.1 Å². The average molecular weight is 340 g/mol. The first-order valence-corrected chi connectivity index (χ1v) is 8.33. The second kappa shape index (κ2) is 7.34. The maximum Gasteiger partial charge on any atom is 0.303 e. The van der Waals surface area contributed by atoms with Crippen molar-refractivity contribution in [3.05, 3.63) is 59.4 Å². The molecule has 0 radical (unpaired) electrons. The highest BCUT2D eigenvalue weighted by atomic mass is 16.4. The fraction of sp³-hybridized carbons (Fsp3) is 0.316. The van der Waals surface area contributed by atoms with Crippen LogP contribution in [0.4, 0.5) is 0 Å². The van der Waals surface area contributed by atoms with Crippen molar-refractivity contribution >= 4 is 17.7 Å². The van der Waals surface area contributed by atoms with Gasteiger partial charge in [0.05, 0.1) is 0 Å². The summed E-state index contributed by atoms with van der Waals surface area (Å²) in [5.41, 5.74) is 1.66. The Balaban J connectivity index is 1.62. The molecule has 6 nitrogen and oxygen atoms in total. The number of amides is 1. The van der Waals surface area contributed by atoms with Crippen LogP contribution in [0.2, 0.25) is 0 Å². The molecule has 1 fully saturated rings. The highest BCUT2D eigenvalue weighted by Gasteiger charge is 2.25. The van der Waals surface area contributed by atoms with E-state index in [2.05, 4.69) is 4.98 Å². The molecule has 2 N–H and O–H groups in total. The largest absolute Gasteiger partial charge is 0.481 e. The summed E-state index contributed by atoms with van der Waals surface area (Å²) in [6, 6.07) is 8.39. The van der Waals surface area contributed by atoms with Crippen LogP contribution in [0.1, 0.15) is 45.5 Å². The van der Waals surface area contributed by atoms with E-state index in [9.17, 15) is 14.4 Å². The second-order valence-electron chi connectivity index (χ2n) is 6.34. The van der Waals surface area contributed by atoms with Gasteiger partial charge in [-0.2, -0.15) is 0 Å². The lowest BCUT2D eigenvalue weighted by atomic mass is 9.93. The lowest BCUT2D eigenvalue weighted by Gasteiger charge is -2.31. The zero-order valence-corrected chi connectivity index (χ0v) is 13.8. The molecule has 0 spiro atoms. The number of hydrogen-bond acceptors (Lipinski definition) is 3. The standard InChI is InChI=1S/C19H20N2O4/c22-17(23)11-13-6-9-21(10-7-13)19(25)15-3-1-14(2-4-15)18(24)16-5-8-20-12-16/h1-5,8,12-13,20H,6-7,9-11H2,(H,22,23). The van der Waals surface area contributed by atoms with Crippen LogP contribution < -0.4 is 0 Å². The molecule has 6 heteroatoms. The fourth-order valence-corrected chi connectivity index (χ4v) is 3.17. The number of nitrogens with zero attached hydrogens (tertiary/aromatic N) is 1. The molecular formula is C19H20N2O4. The molecule has 0 aliphatic carbocycles. The second-order valence-corrected chi connectivity index (χ2v) is 6.34. The normalized spacial score (nSPS) is 15.1. The van der Waals surface area contributed by atoms with Crippen LogP contribution in [0.15, 0.2) is 42.7 Å². The highest BCUT2D eigenvalue weighted by molar-refractivity contribution is 6.09. The Kier molecular flexibility index (Phi) is 4.97. The van der Waals surface area contributed by atoms with Crippen molar-refractivity contribution in [2.75, 3.05) is 13.1 Å². The number of likely N-dealkylation sites (tertiary alicyclic amines) is 1. The molecule has 25 heavy (non-hydrogen) atoms. The van der Waals surface area contributed by atoms with E-state index in [0.29, 0.717) is 42.6 Å². The van der Waals surface area contributed by atoms with Gasteiger partial charge in [0.15, 0.2) is 5.78 Å². The van der Waals surface area contributed by atoms with Gasteiger partial charge in [0.1, 0.15) is 0 Å². The van der Waals surface area contributed by atoms with Crippen LogP contribution in [-0.2, 0) is 4.79 Å². The Morgan fingerprint density at radius 3 is 2.20 bits per heavy atom. The van der Waals surface area contributed by atoms with Gasteiger partial charge < -0.3 is 15.0 Å². The number of carbonyl (C=O) groups excluding carboxylic acids is 2. The van der Waals surface area contributed by atoms with E-state index < -0.39 is 5.97 Å². The molecule has 1 saturated heterocycles. The maximum atomic E-state index is 12.6. The van der Waals surface area contributed by atoms with Crippen molar-refractivity contribution in [1.29, 1.82) is 0 Å². The van der Waals surface area contributed by atoms with Crippen LogP contribution in [-0.4, -0.2) is 45.7 Å². The number of carboxylic acids is 1. The Morgan fingerprint density at radius 1 is 1.00 bits per heavy atom. The number of carboxylic acid groups (broad SMARTS) is 1. The smallest absolute Gasteiger partial charge is 0.303 e. The molecule has 1 amide bonds. The number of rotatable bonds is 5. The van der Waals surface area contributed by atoms with Gasteiger partial charge in [-0.15, -0.1) is 0 Å². The minimum Gasteiger partial charge on any atom is -0.481 e. The summed E-state index contributed by atoms with van der Waals surface area (Å²) in [6.07, 6.45) is 4.92. The van der Waals surface area contributed by atoms with Crippen molar-refractivity contribution in [1.82, 2.24) is 9.88 Å². The lowest BCUT2D eigenvalue weighted by molar-refractivity contribution is -0.138. The molecule has 1 aromatic heterocycles. The average Bonchev–Trinajstić information content (AvgIpc) is 3.15. The molecule has 0 unspecified atom stereocenters. The van der Waals surface area contributed by atoms with Gasteiger partial charge in [0, 0.05) is 48.6 Å². The molecule has 0 bridgehead atoms. The maximum absolute atomic E-state index is 12.6. The first kappa shape index (κ1) is 17.0. The van der Waals surface area contributed by atoms with E-state index in [0.717, 1.165) is 0 Å². The predicted octanol–water partition coefficient (Wildman–Crippen LogP) is 2.57. The lowest BCUT2D eigenvalue weighted by Crippen LogP contribution is -2.38. The van der Waals surface area contributed by atoms with E-state index >= 15 is 0 Å². The van der Waals surface area contributed by atoms with Gasteiger partial charge in [-0.25, -0.2) is 0 Å². The highest BCUT2D eigenvalue weighted by Crippen LogP contribution is 2.22. The number of ketones is 1. The number of benzene rings is 1. The number of H-pyrrole nitrogens is 1. The summed E-state index contributed by atoms with van der Waals surface area (Å²) in [4.78, 5) is 40.2. The molecule has 130 valence electrons. The van der Waals surface area contributed by atoms with Gasteiger partial charge in [-0.3, -0.25) is 14.4 Å². The number of hydrogen-bond donors (Lipinski definition) is 2. The number of aliphatic carboxylic acids is 1. The molecular weight excluding hydrogens is 320 g/mol. The molecule has 1 aliphatic rings. The number of nitrogens with one attached hydrogen (secondary N) is 1. The van der Waals surface area contributed by atoms with Crippen LogP contribution in [0, 0.1) is 5.92 Å². The molecule has 0 atom stereocenters. The van der Waals surface area contributed by atoms with E-state index in [-0.39, 0.29) is 24.0 Å². The number of aromatic nitrogens is 1. The summed E-state index contributed by atoms with van der Waals surface area (Å²) < 4.78 is 0. The predicted molar refractivity (Wildman–Crippen MR) is 91.5 cm³/mol. The van der Waals surface area contributed by atoms with Crippen LogP contribution in [0.25, 0.3) is 0 Å². The summed E-state index contributed by atoms with van der Waals surface area (Å²) in [6.45, 7) is 1.14. The van der Waals surface area contributed by atoms with Gasteiger partial charge >= 0.3 is 5.97 Å². The van der Waals surface area contributed by atoms with Crippen molar-refractivity contribution in [3.8, 4) is 0 Å². The van der Waals surface area contributed by atoms with E-state index in [1.54, 1.807) is 47.6 Å².